The standard InChI is InChI=1S/C19H23Cl2N3O3S2/c1-3-17-22-14(12-28-17)11-23(2)19(25)13-7-9-24(10-8-13)29(26,27)18-15(20)5-4-6-16(18)21/h4-6,12-13H,3,7-11H2,1-2H3. The zero-order valence-electron chi connectivity index (χ0n) is 16.3. The van der Waals surface area contributed by atoms with Gasteiger partial charge in [-0.3, -0.25) is 4.79 Å². The van der Waals surface area contributed by atoms with Crippen molar-refractivity contribution in [3.63, 3.8) is 0 Å². The Hall–Kier alpha value is -1.19. The van der Waals surface area contributed by atoms with Crippen molar-refractivity contribution >= 4 is 50.5 Å². The van der Waals surface area contributed by atoms with Crippen molar-refractivity contribution < 1.29 is 13.2 Å². The Morgan fingerprint density at radius 2 is 1.90 bits per heavy atom. The number of hydrogen-bond donors (Lipinski definition) is 0. The molecular weight excluding hydrogens is 453 g/mol. The van der Waals surface area contributed by atoms with E-state index in [0.29, 0.717) is 19.4 Å². The molecule has 158 valence electrons. The highest BCUT2D eigenvalue weighted by molar-refractivity contribution is 7.89. The van der Waals surface area contributed by atoms with E-state index < -0.39 is 10.0 Å². The van der Waals surface area contributed by atoms with E-state index in [0.717, 1.165) is 17.1 Å². The van der Waals surface area contributed by atoms with Crippen molar-refractivity contribution in [1.29, 1.82) is 0 Å². The van der Waals surface area contributed by atoms with E-state index in [4.69, 9.17) is 23.2 Å². The number of aromatic nitrogens is 1. The molecule has 1 amide bonds. The Morgan fingerprint density at radius 3 is 2.45 bits per heavy atom. The minimum atomic E-state index is -3.81. The second-order valence-corrected chi connectivity index (χ2v) is 10.6. The van der Waals surface area contributed by atoms with Gasteiger partial charge in [0.15, 0.2) is 0 Å². The van der Waals surface area contributed by atoms with Crippen LogP contribution in [0.25, 0.3) is 0 Å². The van der Waals surface area contributed by atoms with Crippen molar-refractivity contribution in [3.05, 3.63) is 44.3 Å². The van der Waals surface area contributed by atoms with Crippen LogP contribution in [0.4, 0.5) is 0 Å². The quantitative estimate of drug-likeness (QED) is 0.630. The first kappa shape index (κ1) is 22.5. The number of rotatable bonds is 6. The number of carbonyl (C=O) groups excluding carboxylic acids is 1. The van der Waals surface area contributed by atoms with Crippen LogP contribution < -0.4 is 0 Å². The van der Waals surface area contributed by atoms with Crippen molar-refractivity contribution in [3.8, 4) is 0 Å². The van der Waals surface area contributed by atoms with Crippen molar-refractivity contribution in [1.82, 2.24) is 14.2 Å². The third-order valence-corrected chi connectivity index (χ3v) is 8.89. The topological polar surface area (TPSA) is 70.6 Å². The summed E-state index contributed by atoms with van der Waals surface area (Å²) >= 11 is 13.8. The summed E-state index contributed by atoms with van der Waals surface area (Å²) in [5.41, 5.74) is 0.885. The van der Waals surface area contributed by atoms with E-state index in [2.05, 4.69) is 11.9 Å². The van der Waals surface area contributed by atoms with Crippen molar-refractivity contribution in [2.45, 2.75) is 37.6 Å². The van der Waals surface area contributed by atoms with E-state index in [1.807, 2.05) is 5.38 Å². The summed E-state index contributed by atoms with van der Waals surface area (Å²) in [6.07, 6.45) is 1.80. The summed E-state index contributed by atoms with van der Waals surface area (Å²) < 4.78 is 27.3. The van der Waals surface area contributed by atoms with E-state index in [9.17, 15) is 13.2 Å². The number of nitrogens with zero attached hydrogens (tertiary/aromatic N) is 3. The van der Waals surface area contributed by atoms with Crippen LogP contribution in [0.5, 0.6) is 0 Å². The number of hydrogen-bond acceptors (Lipinski definition) is 5. The van der Waals surface area contributed by atoms with Gasteiger partial charge in [-0.25, -0.2) is 13.4 Å². The molecule has 1 saturated heterocycles. The highest BCUT2D eigenvalue weighted by atomic mass is 35.5. The molecule has 1 aromatic carbocycles. The van der Waals surface area contributed by atoms with Crippen molar-refractivity contribution in [2.75, 3.05) is 20.1 Å². The lowest BCUT2D eigenvalue weighted by Gasteiger charge is -2.32. The average molecular weight is 476 g/mol. The highest BCUT2D eigenvalue weighted by Gasteiger charge is 2.35. The van der Waals surface area contributed by atoms with E-state index in [1.54, 1.807) is 29.4 Å². The molecule has 1 fully saturated rings. The third kappa shape index (κ3) is 4.94. The van der Waals surface area contributed by atoms with Gasteiger partial charge in [-0.1, -0.05) is 36.2 Å². The summed E-state index contributed by atoms with van der Waals surface area (Å²) in [5, 5.41) is 3.23. The molecule has 29 heavy (non-hydrogen) atoms. The van der Waals surface area contributed by atoms with Crippen LogP contribution in [0.1, 0.15) is 30.5 Å². The molecule has 0 radical (unpaired) electrons. The Kier molecular flexibility index (Phi) is 7.22. The second-order valence-electron chi connectivity index (χ2n) is 7.01. The summed E-state index contributed by atoms with van der Waals surface area (Å²) in [4.78, 5) is 18.9. The summed E-state index contributed by atoms with van der Waals surface area (Å²) in [6.45, 7) is 3.02. The van der Waals surface area contributed by atoms with Crippen LogP contribution >= 0.6 is 34.5 Å². The van der Waals surface area contributed by atoms with Crippen LogP contribution in [0.2, 0.25) is 10.0 Å². The maximum atomic E-state index is 13.0. The molecule has 0 atom stereocenters. The van der Waals surface area contributed by atoms with Gasteiger partial charge in [0.1, 0.15) is 4.90 Å². The Labute approximate surface area is 185 Å². The van der Waals surface area contributed by atoms with Crippen LogP contribution in [0.15, 0.2) is 28.5 Å². The molecular formula is C19H23Cl2N3O3S2. The molecule has 0 aliphatic carbocycles. The predicted octanol–water partition coefficient (Wildman–Crippen LogP) is 4.07. The molecule has 0 saturated carbocycles. The molecule has 0 N–H and O–H groups in total. The van der Waals surface area contributed by atoms with Crippen LogP contribution in [-0.4, -0.2) is 48.7 Å². The summed E-state index contributed by atoms with van der Waals surface area (Å²) in [6, 6.07) is 4.62. The number of benzene rings is 1. The number of aryl methyl sites for hydroxylation is 1. The first-order chi connectivity index (χ1) is 13.7. The Bertz CT molecular complexity index is 966. The summed E-state index contributed by atoms with van der Waals surface area (Å²) in [5.74, 6) is -0.193. The molecule has 1 aliphatic rings. The molecule has 0 spiro atoms. The lowest BCUT2D eigenvalue weighted by molar-refractivity contribution is -0.136. The zero-order valence-corrected chi connectivity index (χ0v) is 19.4. The normalized spacial score (nSPS) is 16.1. The second kappa shape index (κ2) is 9.31. The molecule has 1 aromatic heterocycles. The molecule has 1 aliphatic heterocycles. The minimum absolute atomic E-state index is 0.0175. The van der Waals surface area contributed by atoms with E-state index in [1.165, 1.54) is 16.4 Å². The predicted molar refractivity (Wildman–Crippen MR) is 116 cm³/mol. The van der Waals surface area contributed by atoms with Gasteiger partial charge in [-0.2, -0.15) is 4.31 Å². The van der Waals surface area contributed by atoms with Crippen LogP contribution in [0.3, 0.4) is 0 Å². The minimum Gasteiger partial charge on any atom is -0.340 e. The molecule has 0 unspecified atom stereocenters. The number of thiazole rings is 1. The number of halogens is 2. The fourth-order valence-electron chi connectivity index (χ4n) is 3.42. The monoisotopic (exact) mass is 475 g/mol. The SMILES string of the molecule is CCc1nc(CN(C)C(=O)C2CCN(S(=O)(=O)c3c(Cl)cccc3Cl)CC2)cs1. The van der Waals surface area contributed by atoms with E-state index in [-0.39, 0.29) is 39.9 Å². The maximum absolute atomic E-state index is 13.0. The largest absolute Gasteiger partial charge is 0.340 e. The van der Waals surface area contributed by atoms with Gasteiger partial charge in [0.25, 0.3) is 0 Å². The zero-order chi connectivity index (χ0) is 21.2. The van der Waals surface area contributed by atoms with Crippen LogP contribution in [-0.2, 0) is 27.8 Å². The van der Waals surface area contributed by atoms with Crippen LogP contribution in [0, 0.1) is 5.92 Å². The van der Waals surface area contributed by atoms with Crippen molar-refractivity contribution in [2.24, 2.45) is 5.92 Å². The number of amides is 1. The lowest BCUT2D eigenvalue weighted by atomic mass is 9.96. The maximum Gasteiger partial charge on any atom is 0.246 e. The Balaban J connectivity index is 1.63. The van der Waals surface area contributed by atoms with E-state index >= 15 is 0 Å². The van der Waals surface area contributed by atoms with Gasteiger partial charge >= 0.3 is 0 Å². The first-order valence-corrected chi connectivity index (χ1v) is 12.4. The Morgan fingerprint density at radius 1 is 1.28 bits per heavy atom. The van der Waals surface area contributed by atoms with Gasteiger partial charge in [-0.05, 0) is 31.4 Å². The molecule has 2 aromatic rings. The molecule has 0 bridgehead atoms. The third-order valence-electron chi connectivity index (χ3n) is 5.00. The van der Waals surface area contributed by atoms with Gasteiger partial charge < -0.3 is 4.90 Å². The molecule has 6 nitrogen and oxygen atoms in total. The summed E-state index contributed by atoms with van der Waals surface area (Å²) in [7, 11) is -2.04. The van der Waals surface area contributed by atoms with Gasteiger partial charge in [0, 0.05) is 31.4 Å². The molecule has 3 rings (SSSR count). The molecule has 2 heterocycles. The number of carbonyl (C=O) groups is 1. The highest BCUT2D eigenvalue weighted by Crippen LogP contribution is 2.33. The fourth-order valence-corrected chi connectivity index (χ4v) is 6.71. The molecule has 10 heteroatoms. The fraction of sp³-hybridized carbons (Fsp3) is 0.474. The van der Waals surface area contributed by atoms with Gasteiger partial charge in [0.2, 0.25) is 15.9 Å². The van der Waals surface area contributed by atoms with Gasteiger partial charge in [0.05, 0.1) is 27.3 Å². The number of sulfonamides is 1. The average Bonchev–Trinajstić information content (AvgIpc) is 3.14. The van der Waals surface area contributed by atoms with Gasteiger partial charge in [-0.15, -0.1) is 11.3 Å². The number of piperidine rings is 1. The lowest BCUT2D eigenvalue weighted by Crippen LogP contribution is -2.43. The smallest absolute Gasteiger partial charge is 0.246 e. The first-order valence-electron chi connectivity index (χ1n) is 9.36.